The molecule has 7 nitrogen and oxygen atoms in total. The molecular weight excluding hydrogens is 807 g/mol. The Balaban J connectivity index is 0.947. The molecule has 308 valence electrons. The number of pyridine rings is 2. The summed E-state index contributed by atoms with van der Waals surface area (Å²) >= 11 is 0. The highest BCUT2D eigenvalue weighted by molar-refractivity contribution is 6.19. The van der Waals surface area contributed by atoms with Gasteiger partial charge in [0.2, 0.25) is 0 Å². The summed E-state index contributed by atoms with van der Waals surface area (Å²) in [6.07, 6.45) is 4.21. The highest BCUT2D eigenvalue weighted by Gasteiger charge is 2.20. The second-order valence-corrected chi connectivity index (χ2v) is 16.5. The van der Waals surface area contributed by atoms with Gasteiger partial charge in [0.1, 0.15) is 5.65 Å². The van der Waals surface area contributed by atoms with E-state index < -0.39 is 0 Å². The van der Waals surface area contributed by atoms with Crippen LogP contribution in [0.5, 0.6) is 0 Å². The van der Waals surface area contributed by atoms with Gasteiger partial charge in [0.15, 0.2) is 17.5 Å². The number of benzene rings is 8. The number of hydrogen-bond donors (Lipinski definition) is 0. The third-order valence-corrected chi connectivity index (χ3v) is 12.6. The summed E-state index contributed by atoms with van der Waals surface area (Å²) in [6, 6.07) is 73.6. The summed E-state index contributed by atoms with van der Waals surface area (Å²) in [5.74, 6) is 1.81. The summed E-state index contributed by atoms with van der Waals surface area (Å²) in [5.41, 5.74) is 13.9. The molecule has 5 heterocycles. The Bertz CT molecular complexity index is 3920. The summed E-state index contributed by atoms with van der Waals surface area (Å²) in [4.78, 5) is 26.1. The first-order valence-corrected chi connectivity index (χ1v) is 22.1. The second kappa shape index (κ2) is 15.3. The van der Waals surface area contributed by atoms with E-state index in [0.717, 1.165) is 94.4 Å². The molecule has 0 radical (unpaired) electrons. The van der Waals surface area contributed by atoms with Crippen molar-refractivity contribution in [2.45, 2.75) is 0 Å². The minimum atomic E-state index is 0.594. The van der Waals surface area contributed by atoms with Crippen molar-refractivity contribution >= 4 is 49.1 Å². The van der Waals surface area contributed by atoms with Gasteiger partial charge in [-0.2, -0.15) is 0 Å². The van der Waals surface area contributed by atoms with Gasteiger partial charge in [0.05, 0.1) is 27.9 Å². The smallest absolute Gasteiger partial charge is 0.164 e. The molecule has 8 aromatic carbocycles. The van der Waals surface area contributed by atoms with Crippen LogP contribution in [0.25, 0.3) is 123 Å². The average Bonchev–Trinajstić information content (AvgIpc) is 3.99. The van der Waals surface area contributed by atoms with Crippen LogP contribution in [0, 0.1) is 0 Å². The largest absolute Gasteiger partial charge is 0.309 e. The van der Waals surface area contributed by atoms with E-state index in [1.807, 2.05) is 42.5 Å². The fourth-order valence-corrected chi connectivity index (χ4v) is 9.48. The molecular formula is C59H37N7. The van der Waals surface area contributed by atoms with Crippen LogP contribution >= 0.6 is 0 Å². The lowest BCUT2D eigenvalue weighted by Gasteiger charge is -2.14. The molecule has 0 aliphatic heterocycles. The first kappa shape index (κ1) is 37.5. The van der Waals surface area contributed by atoms with Crippen molar-refractivity contribution in [3.63, 3.8) is 0 Å². The highest BCUT2D eigenvalue weighted by atomic mass is 15.0. The molecule has 5 aromatic heterocycles. The van der Waals surface area contributed by atoms with Crippen molar-refractivity contribution in [1.82, 2.24) is 33.9 Å². The van der Waals surface area contributed by atoms with Gasteiger partial charge in [-0.3, -0.25) is 0 Å². The summed E-state index contributed by atoms with van der Waals surface area (Å²) in [6.45, 7) is 0. The van der Waals surface area contributed by atoms with E-state index in [2.05, 4.69) is 191 Å². The van der Waals surface area contributed by atoms with Crippen LogP contribution in [0.15, 0.2) is 225 Å². The maximum Gasteiger partial charge on any atom is 0.164 e. The molecule has 0 bridgehead atoms. The van der Waals surface area contributed by atoms with Gasteiger partial charge in [-0.15, -0.1) is 0 Å². The Morgan fingerprint density at radius 2 is 0.879 bits per heavy atom. The lowest BCUT2D eigenvalue weighted by atomic mass is 9.96. The van der Waals surface area contributed by atoms with Gasteiger partial charge >= 0.3 is 0 Å². The number of imidazole rings is 1. The maximum atomic E-state index is 5.48. The van der Waals surface area contributed by atoms with Gasteiger partial charge in [0.25, 0.3) is 0 Å². The van der Waals surface area contributed by atoms with E-state index in [4.69, 9.17) is 24.9 Å². The van der Waals surface area contributed by atoms with Gasteiger partial charge in [0, 0.05) is 78.4 Å². The van der Waals surface area contributed by atoms with E-state index >= 15 is 0 Å². The molecule has 0 saturated heterocycles. The third kappa shape index (κ3) is 6.25. The molecule has 0 fully saturated rings. The van der Waals surface area contributed by atoms with E-state index in [1.165, 1.54) is 10.8 Å². The zero-order valence-electron chi connectivity index (χ0n) is 35.5. The number of hydrogen-bond acceptors (Lipinski definition) is 5. The number of nitrogens with zero attached hydrogens (tertiary/aromatic N) is 7. The summed E-state index contributed by atoms with van der Waals surface area (Å²) in [5, 5.41) is 5.59. The molecule has 13 aromatic rings. The Kier molecular flexibility index (Phi) is 8.70. The normalized spacial score (nSPS) is 11.6. The standard InChI is InChI=1S/C59H37N7/c1-4-16-39(17-5-1)50-37-65-35-34-49-53(59(65)60-50)48-27-15-26-45(55(48)61-54(49)40-18-6-2-7-19-40)38-30-32-42(33-31-38)57-62-56(41-20-8-3-9-21-41)63-58(64-57)43-22-14-23-44(36-43)66-51-28-12-10-24-46(51)47-25-11-13-29-52(47)66/h1-37H. The van der Waals surface area contributed by atoms with Gasteiger partial charge in [-0.25, -0.2) is 24.9 Å². The third-order valence-electron chi connectivity index (χ3n) is 12.6. The van der Waals surface area contributed by atoms with Crippen LogP contribution in [-0.4, -0.2) is 33.9 Å². The molecule has 7 heteroatoms. The number of aromatic nitrogens is 7. The van der Waals surface area contributed by atoms with Crippen LogP contribution in [0.4, 0.5) is 0 Å². The zero-order chi connectivity index (χ0) is 43.6. The van der Waals surface area contributed by atoms with E-state index in [9.17, 15) is 0 Å². The molecule has 0 spiro atoms. The molecule has 13 rings (SSSR count). The second-order valence-electron chi connectivity index (χ2n) is 16.5. The minimum Gasteiger partial charge on any atom is -0.309 e. The summed E-state index contributed by atoms with van der Waals surface area (Å²) < 4.78 is 4.45. The van der Waals surface area contributed by atoms with Crippen LogP contribution in [-0.2, 0) is 0 Å². The van der Waals surface area contributed by atoms with Gasteiger partial charge in [-0.1, -0.05) is 182 Å². The topological polar surface area (TPSA) is 73.8 Å². The van der Waals surface area contributed by atoms with Crippen LogP contribution in [0.1, 0.15) is 0 Å². The minimum absolute atomic E-state index is 0.594. The number of fused-ring (bicyclic) bond motifs is 8. The van der Waals surface area contributed by atoms with E-state index in [0.29, 0.717) is 17.5 Å². The van der Waals surface area contributed by atoms with Crippen molar-refractivity contribution in [2.75, 3.05) is 0 Å². The monoisotopic (exact) mass is 843 g/mol. The highest BCUT2D eigenvalue weighted by Crippen LogP contribution is 2.40. The van der Waals surface area contributed by atoms with E-state index in [-0.39, 0.29) is 0 Å². The Morgan fingerprint density at radius 3 is 1.56 bits per heavy atom. The number of rotatable bonds is 7. The first-order chi connectivity index (χ1) is 32.7. The molecule has 0 saturated carbocycles. The Morgan fingerprint density at radius 1 is 0.348 bits per heavy atom. The maximum absolute atomic E-state index is 5.48. The molecule has 0 aliphatic rings. The Labute approximate surface area is 379 Å². The predicted octanol–water partition coefficient (Wildman–Crippen LogP) is 14.3. The Hall–Kier alpha value is -9.07. The SMILES string of the molecule is c1ccc(-c2cn3ccc4c(-c5ccccc5)nc5c(-c6ccc(-c7nc(-c8ccccc8)nc(-c8cccc(-n9c%10ccccc%10c%10ccccc%109)c8)n7)cc6)cccc5c4c3n2)cc1. The molecule has 0 atom stereocenters. The lowest BCUT2D eigenvalue weighted by Crippen LogP contribution is -2.01. The molecule has 66 heavy (non-hydrogen) atoms. The molecule has 0 aliphatic carbocycles. The van der Waals surface area contributed by atoms with Gasteiger partial charge in [-0.05, 0) is 35.9 Å². The number of para-hydroxylation sites is 3. The molecule has 0 amide bonds. The predicted molar refractivity (Wildman–Crippen MR) is 268 cm³/mol. The first-order valence-electron chi connectivity index (χ1n) is 22.1. The van der Waals surface area contributed by atoms with Crippen molar-refractivity contribution in [3.05, 3.63) is 225 Å². The average molecular weight is 844 g/mol. The van der Waals surface area contributed by atoms with Crippen molar-refractivity contribution in [1.29, 1.82) is 0 Å². The van der Waals surface area contributed by atoms with Crippen molar-refractivity contribution < 1.29 is 0 Å². The zero-order valence-corrected chi connectivity index (χ0v) is 35.5. The van der Waals surface area contributed by atoms with Crippen LogP contribution < -0.4 is 0 Å². The molecule has 0 N–H and O–H groups in total. The van der Waals surface area contributed by atoms with Crippen molar-refractivity contribution in [2.24, 2.45) is 0 Å². The van der Waals surface area contributed by atoms with E-state index in [1.54, 1.807) is 0 Å². The fraction of sp³-hybridized carbons (Fsp3) is 0. The summed E-state index contributed by atoms with van der Waals surface area (Å²) in [7, 11) is 0. The van der Waals surface area contributed by atoms with Crippen molar-refractivity contribution in [3.8, 4) is 73.5 Å². The quantitative estimate of drug-likeness (QED) is 0.149. The fourth-order valence-electron chi connectivity index (χ4n) is 9.48. The molecule has 0 unspecified atom stereocenters. The van der Waals surface area contributed by atoms with Crippen LogP contribution in [0.2, 0.25) is 0 Å². The van der Waals surface area contributed by atoms with Crippen LogP contribution in [0.3, 0.4) is 0 Å². The van der Waals surface area contributed by atoms with Gasteiger partial charge < -0.3 is 8.97 Å². The lowest BCUT2D eigenvalue weighted by molar-refractivity contribution is 1.07.